The van der Waals surface area contributed by atoms with Crippen molar-refractivity contribution < 1.29 is 13.2 Å². The van der Waals surface area contributed by atoms with Crippen molar-refractivity contribution in [3.8, 4) is 0 Å². The summed E-state index contributed by atoms with van der Waals surface area (Å²) in [7, 11) is -3.62. The minimum Gasteiger partial charge on any atom is -0.347 e. The molecule has 1 amide bonds. The van der Waals surface area contributed by atoms with Crippen LogP contribution in [0.15, 0.2) is 45.1 Å². The standard InChI is InChI=1S/C16H17BrN2O3S3/c17-13-3-1-2-12(10-13)11-18-16(20)15-14(4-7-24-15)25(21,22)19-5-8-23-9-6-19/h1-4,7,10H,5-6,8-9,11H2,(H,18,20). The molecule has 2 aromatic rings. The zero-order valence-corrected chi connectivity index (χ0v) is 17.3. The number of amides is 1. The Kier molecular flexibility index (Phi) is 6.21. The molecule has 1 aromatic heterocycles. The quantitative estimate of drug-likeness (QED) is 0.743. The summed E-state index contributed by atoms with van der Waals surface area (Å²) in [5.74, 6) is 1.21. The highest BCUT2D eigenvalue weighted by Gasteiger charge is 2.31. The van der Waals surface area contributed by atoms with E-state index in [1.165, 1.54) is 10.4 Å². The highest BCUT2D eigenvalue weighted by molar-refractivity contribution is 9.10. The third-order valence-electron chi connectivity index (χ3n) is 3.77. The van der Waals surface area contributed by atoms with Gasteiger partial charge >= 0.3 is 0 Å². The number of benzene rings is 1. The lowest BCUT2D eigenvalue weighted by molar-refractivity contribution is 0.0952. The van der Waals surface area contributed by atoms with Gasteiger partial charge in [-0.1, -0.05) is 28.1 Å². The molecule has 0 bridgehead atoms. The van der Waals surface area contributed by atoms with Gasteiger partial charge in [0.1, 0.15) is 9.77 Å². The predicted octanol–water partition coefficient (Wildman–Crippen LogP) is 3.18. The van der Waals surface area contributed by atoms with E-state index in [2.05, 4.69) is 21.2 Å². The number of thiophene rings is 1. The van der Waals surface area contributed by atoms with Gasteiger partial charge in [-0.05, 0) is 29.1 Å². The van der Waals surface area contributed by atoms with Crippen LogP contribution in [0, 0.1) is 0 Å². The van der Waals surface area contributed by atoms with Gasteiger partial charge in [0.15, 0.2) is 0 Å². The largest absolute Gasteiger partial charge is 0.347 e. The van der Waals surface area contributed by atoms with Crippen molar-refractivity contribution >= 4 is 55.0 Å². The van der Waals surface area contributed by atoms with Crippen LogP contribution in [0.25, 0.3) is 0 Å². The molecule has 0 unspecified atom stereocenters. The molecule has 1 N–H and O–H groups in total. The first-order chi connectivity index (χ1) is 12.0. The third kappa shape index (κ3) is 4.46. The molecule has 1 aromatic carbocycles. The number of nitrogens with one attached hydrogen (secondary N) is 1. The van der Waals surface area contributed by atoms with Gasteiger partial charge in [0, 0.05) is 35.6 Å². The van der Waals surface area contributed by atoms with Gasteiger partial charge in [-0.3, -0.25) is 4.79 Å². The molecular formula is C16H17BrN2O3S3. The Balaban J connectivity index is 1.75. The summed E-state index contributed by atoms with van der Waals surface area (Å²) >= 11 is 6.29. The van der Waals surface area contributed by atoms with Crippen LogP contribution in [-0.2, 0) is 16.6 Å². The molecule has 1 fully saturated rings. The lowest BCUT2D eigenvalue weighted by atomic mass is 10.2. The summed E-state index contributed by atoms with van der Waals surface area (Å²) in [5, 5.41) is 4.46. The van der Waals surface area contributed by atoms with E-state index >= 15 is 0 Å². The lowest BCUT2D eigenvalue weighted by Gasteiger charge is -2.25. The fourth-order valence-electron chi connectivity index (χ4n) is 2.50. The number of hydrogen-bond donors (Lipinski definition) is 1. The second kappa shape index (κ2) is 8.22. The van der Waals surface area contributed by atoms with Gasteiger partial charge in [-0.2, -0.15) is 16.1 Å². The molecule has 25 heavy (non-hydrogen) atoms. The van der Waals surface area contributed by atoms with Crippen LogP contribution in [0.5, 0.6) is 0 Å². The number of carbonyl (C=O) groups excluding carboxylic acids is 1. The van der Waals surface area contributed by atoms with Crippen molar-refractivity contribution in [3.63, 3.8) is 0 Å². The average Bonchev–Trinajstić information content (AvgIpc) is 3.11. The monoisotopic (exact) mass is 460 g/mol. The minimum atomic E-state index is -3.62. The van der Waals surface area contributed by atoms with Crippen molar-refractivity contribution in [1.29, 1.82) is 0 Å². The van der Waals surface area contributed by atoms with E-state index in [0.29, 0.717) is 19.6 Å². The van der Waals surface area contributed by atoms with Crippen LogP contribution in [0.4, 0.5) is 0 Å². The Morgan fingerprint density at radius 1 is 1.24 bits per heavy atom. The van der Waals surface area contributed by atoms with Crippen molar-refractivity contribution in [3.05, 3.63) is 50.6 Å². The molecular weight excluding hydrogens is 444 g/mol. The molecule has 5 nitrogen and oxygen atoms in total. The second-order valence-electron chi connectivity index (χ2n) is 5.44. The summed E-state index contributed by atoms with van der Waals surface area (Å²) in [6, 6.07) is 9.14. The fraction of sp³-hybridized carbons (Fsp3) is 0.312. The van der Waals surface area contributed by atoms with Crippen LogP contribution in [0.3, 0.4) is 0 Å². The van der Waals surface area contributed by atoms with Gasteiger partial charge in [0.05, 0.1) is 0 Å². The molecule has 0 aliphatic carbocycles. The fourth-order valence-corrected chi connectivity index (χ4v) is 6.84. The number of thioether (sulfide) groups is 1. The van der Waals surface area contributed by atoms with Crippen LogP contribution < -0.4 is 5.32 Å². The van der Waals surface area contributed by atoms with Crippen molar-refractivity contribution in [2.24, 2.45) is 0 Å². The molecule has 0 spiro atoms. The van der Waals surface area contributed by atoms with Gasteiger partial charge in [-0.15, -0.1) is 11.3 Å². The Labute approximate surface area is 164 Å². The first-order valence-corrected chi connectivity index (χ1v) is 11.9. The van der Waals surface area contributed by atoms with E-state index in [-0.39, 0.29) is 15.7 Å². The Morgan fingerprint density at radius 3 is 2.72 bits per heavy atom. The Morgan fingerprint density at radius 2 is 2.00 bits per heavy atom. The molecule has 3 rings (SSSR count). The predicted molar refractivity (Wildman–Crippen MR) is 106 cm³/mol. The Bertz CT molecular complexity index is 861. The molecule has 9 heteroatoms. The number of sulfonamides is 1. The Hall–Kier alpha value is -0.870. The van der Waals surface area contributed by atoms with E-state index in [1.54, 1.807) is 17.1 Å². The molecule has 1 saturated heterocycles. The summed E-state index contributed by atoms with van der Waals surface area (Å²) in [5.41, 5.74) is 0.941. The van der Waals surface area contributed by atoms with Gasteiger partial charge in [0.25, 0.3) is 5.91 Å². The van der Waals surface area contributed by atoms with E-state index in [0.717, 1.165) is 32.9 Å². The van der Waals surface area contributed by atoms with E-state index in [9.17, 15) is 13.2 Å². The van der Waals surface area contributed by atoms with E-state index in [4.69, 9.17) is 0 Å². The van der Waals surface area contributed by atoms with Crippen LogP contribution >= 0.6 is 39.0 Å². The first-order valence-electron chi connectivity index (χ1n) is 7.66. The number of nitrogens with zero attached hydrogens (tertiary/aromatic N) is 1. The first kappa shape index (κ1) is 18.9. The van der Waals surface area contributed by atoms with Crippen molar-refractivity contribution in [2.75, 3.05) is 24.6 Å². The maximum absolute atomic E-state index is 12.8. The number of halogens is 1. The molecule has 0 radical (unpaired) electrons. The summed E-state index contributed by atoms with van der Waals surface area (Å²) in [6.45, 7) is 1.32. The summed E-state index contributed by atoms with van der Waals surface area (Å²) in [4.78, 5) is 12.9. The lowest BCUT2D eigenvalue weighted by Crippen LogP contribution is -2.38. The van der Waals surface area contributed by atoms with Crippen LogP contribution in [0.1, 0.15) is 15.2 Å². The van der Waals surface area contributed by atoms with Crippen LogP contribution in [0.2, 0.25) is 0 Å². The SMILES string of the molecule is O=C(NCc1cccc(Br)c1)c1sccc1S(=O)(=O)N1CCSCC1. The van der Waals surface area contributed by atoms with Crippen molar-refractivity contribution in [1.82, 2.24) is 9.62 Å². The third-order valence-corrected chi connectivity index (χ3v) is 8.18. The molecule has 134 valence electrons. The molecule has 1 aliphatic heterocycles. The van der Waals surface area contributed by atoms with Crippen molar-refractivity contribution in [2.45, 2.75) is 11.4 Å². The summed E-state index contributed by atoms with van der Waals surface area (Å²) in [6.07, 6.45) is 0. The molecule has 0 saturated carbocycles. The van der Waals surface area contributed by atoms with Gasteiger partial charge in [0.2, 0.25) is 10.0 Å². The maximum Gasteiger partial charge on any atom is 0.263 e. The topological polar surface area (TPSA) is 66.5 Å². The highest BCUT2D eigenvalue weighted by atomic mass is 79.9. The molecule has 2 heterocycles. The van der Waals surface area contributed by atoms with Gasteiger partial charge in [-0.25, -0.2) is 8.42 Å². The van der Waals surface area contributed by atoms with E-state index < -0.39 is 10.0 Å². The highest BCUT2D eigenvalue weighted by Crippen LogP contribution is 2.27. The average molecular weight is 461 g/mol. The van der Waals surface area contributed by atoms with Crippen LogP contribution in [-0.4, -0.2) is 43.2 Å². The maximum atomic E-state index is 12.8. The number of rotatable bonds is 5. The number of hydrogen-bond acceptors (Lipinski definition) is 5. The second-order valence-corrected chi connectivity index (χ2v) is 10.4. The molecule has 1 aliphatic rings. The summed E-state index contributed by atoms with van der Waals surface area (Å²) < 4.78 is 28.1. The zero-order chi connectivity index (χ0) is 17.9. The number of carbonyl (C=O) groups is 1. The van der Waals surface area contributed by atoms with E-state index in [1.807, 2.05) is 24.3 Å². The zero-order valence-electron chi connectivity index (χ0n) is 13.3. The normalized spacial score (nSPS) is 15.9. The minimum absolute atomic E-state index is 0.108. The van der Waals surface area contributed by atoms with Gasteiger partial charge < -0.3 is 5.32 Å². The molecule has 0 atom stereocenters. The smallest absolute Gasteiger partial charge is 0.263 e.